The Hall–Kier alpha value is -1.60. The van der Waals surface area contributed by atoms with Gasteiger partial charge in [-0.3, -0.25) is 4.99 Å². The average Bonchev–Trinajstić information content (AvgIpc) is 2.47. The first-order valence-electron chi connectivity index (χ1n) is 7.46. The molecule has 0 fully saturated rings. The summed E-state index contributed by atoms with van der Waals surface area (Å²) in [7, 11) is -3.12. The van der Waals surface area contributed by atoms with Crippen LogP contribution in [0.5, 0.6) is 0 Å². The first-order valence-corrected chi connectivity index (χ1v) is 9.31. The lowest BCUT2D eigenvalue weighted by Gasteiger charge is -2.16. The van der Waals surface area contributed by atoms with Crippen LogP contribution in [-0.2, 0) is 16.4 Å². The smallest absolute Gasteiger partial charge is 0.211 e. The molecule has 0 unspecified atom stereocenters. The van der Waals surface area contributed by atoms with Gasteiger partial charge in [0, 0.05) is 26.2 Å². The highest BCUT2D eigenvalue weighted by Gasteiger charge is 2.12. The van der Waals surface area contributed by atoms with E-state index in [9.17, 15) is 8.42 Å². The quantitative estimate of drug-likeness (QED) is 0.399. The SMILES string of the molecule is CCN(CCCN=C(N)NCCc1ccccc1)S(C)(=O)=O. The van der Waals surface area contributed by atoms with Gasteiger partial charge in [0.2, 0.25) is 10.0 Å². The second-order valence-corrected chi connectivity index (χ2v) is 7.02. The lowest BCUT2D eigenvalue weighted by molar-refractivity contribution is 0.427. The molecule has 0 atom stereocenters. The number of nitrogens with one attached hydrogen (secondary N) is 1. The van der Waals surface area contributed by atoms with Crippen LogP contribution in [0.3, 0.4) is 0 Å². The largest absolute Gasteiger partial charge is 0.370 e. The van der Waals surface area contributed by atoms with Crippen LogP contribution in [0.4, 0.5) is 0 Å². The van der Waals surface area contributed by atoms with Gasteiger partial charge >= 0.3 is 0 Å². The Morgan fingerprint density at radius 2 is 2.00 bits per heavy atom. The van der Waals surface area contributed by atoms with Crippen LogP contribution in [-0.4, -0.2) is 51.1 Å². The van der Waals surface area contributed by atoms with E-state index < -0.39 is 10.0 Å². The second kappa shape index (κ2) is 9.42. The van der Waals surface area contributed by atoms with Crippen LogP contribution >= 0.6 is 0 Å². The minimum absolute atomic E-state index is 0.401. The third-order valence-electron chi connectivity index (χ3n) is 3.23. The van der Waals surface area contributed by atoms with E-state index in [2.05, 4.69) is 22.4 Å². The van der Waals surface area contributed by atoms with Crippen LogP contribution in [0.2, 0.25) is 0 Å². The first-order chi connectivity index (χ1) is 10.4. The molecule has 0 spiro atoms. The Balaban J connectivity index is 2.23. The third kappa shape index (κ3) is 7.42. The molecule has 0 saturated heterocycles. The van der Waals surface area contributed by atoms with Crippen molar-refractivity contribution >= 4 is 16.0 Å². The van der Waals surface area contributed by atoms with Crippen molar-refractivity contribution in [1.29, 1.82) is 0 Å². The summed E-state index contributed by atoms with van der Waals surface area (Å²) in [5.74, 6) is 0.401. The molecule has 1 aromatic rings. The molecule has 0 heterocycles. The van der Waals surface area contributed by atoms with E-state index in [1.165, 1.54) is 16.1 Å². The van der Waals surface area contributed by atoms with Gasteiger partial charge in [-0.05, 0) is 18.4 Å². The molecule has 0 aliphatic carbocycles. The van der Waals surface area contributed by atoms with Crippen molar-refractivity contribution in [3.05, 3.63) is 35.9 Å². The van der Waals surface area contributed by atoms with Gasteiger partial charge in [0.05, 0.1) is 6.26 Å². The highest BCUT2D eigenvalue weighted by molar-refractivity contribution is 7.88. The molecule has 1 aromatic carbocycles. The molecule has 0 aliphatic heterocycles. The van der Waals surface area contributed by atoms with Crippen molar-refractivity contribution in [2.24, 2.45) is 10.7 Å². The van der Waals surface area contributed by atoms with Crippen LogP contribution in [0.1, 0.15) is 18.9 Å². The lowest BCUT2D eigenvalue weighted by Crippen LogP contribution is -2.34. The van der Waals surface area contributed by atoms with Gasteiger partial charge in [-0.1, -0.05) is 37.3 Å². The Bertz CT molecular complexity index is 558. The van der Waals surface area contributed by atoms with Crippen molar-refractivity contribution in [3.8, 4) is 0 Å². The van der Waals surface area contributed by atoms with Crippen molar-refractivity contribution in [2.45, 2.75) is 19.8 Å². The van der Waals surface area contributed by atoms with Gasteiger partial charge in [0.25, 0.3) is 0 Å². The van der Waals surface area contributed by atoms with Gasteiger partial charge in [0.1, 0.15) is 0 Å². The number of guanidine groups is 1. The standard InChI is InChI=1S/C15H26N4O2S/c1-3-19(22(2,20)21)13-7-11-17-15(16)18-12-10-14-8-5-4-6-9-14/h4-6,8-9H,3,7,10-13H2,1-2H3,(H3,16,17,18). The van der Waals surface area contributed by atoms with E-state index >= 15 is 0 Å². The maximum absolute atomic E-state index is 11.4. The molecule has 0 radical (unpaired) electrons. The third-order valence-corrected chi connectivity index (χ3v) is 4.61. The predicted octanol–water partition coefficient (Wildman–Crippen LogP) is 0.805. The number of aliphatic imine (C=N–C) groups is 1. The number of nitrogens with zero attached hydrogens (tertiary/aromatic N) is 2. The van der Waals surface area contributed by atoms with Crippen LogP contribution in [0.25, 0.3) is 0 Å². The Kier molecular flexibility index (Phi) is 7.90. The van der Waals surface area contributed by atoms with E-state index in [1.54, 1.807) is 0 Å². The highest BCUT2D eigenvalue weighted by atomic mass is 32.2. The molecule has 0 amide bonds. The number of sulfonamides is 1. The summed E-state index contributed by atoms with van der Waals surface area (Å²) in [5.41, 5.74) is 7.03. The molecule has 3 N–H and O–H groups in total. The van der Waals surface area contributed by atoms with Crippen molar-refractivity contribution in [2.75, 3.05) is 32.4 Å². The van der Waals surface area contributed by atoms with E-state index in [0.29, 0.717) is 32.0 Å². The minimum Gasteiger partial charge on any atom is -0.370 e. The van der Waals surface area contributed by atoms with Crippen molar-refractivity contribution < 1.29 is 8.42 Å². The molecule has 0 bridgehead atoms. The number of hydrogen-bond donors (Lipinski definition) is 2. The van der Waals surface area contributed by atoms with Crippen LogP contribution in [0, 0.1) is 0 Å². The number of hydrogen-bond acceptors (Lipinski definition) is 3. The van der Waals surface area contributed by atoms with Crippen LogP contribution < -0.4 is 11.1 Å². The molecular weight excluding hydrogens is 300 g/mol. The zero-order valence-corrected chi connectivity index (χ0v) is 14.1. The fraction of sp³-hybridized carbons (Fsp3) is 0.533. The maximum Gasteiger partial charge on any atom is 0.211 e. The monoisotopic (exact) mass is 326 g/mol. The summed E-state index contributed by atoms with van der Waals surface area (Å²) in [4.78, 5) is 4.21. The van der Waals surface area contributed by atoms with Gasteiger partial charge in [0.15, 0.2) is 5.96 Å². The molecule has 0 saturated carbocycles. The van der Waals surface area contributed by atoms with E-state index in [0.717, 1.165) is 13.0 Å². The minimum atomic E-state index is -3.12. The summed E-state index contributed by atoms with van der Waals surface area (Å²) in [6.45, 7) is 4.01. The fourth-order valence-electron chi connectivity index (χ4n) is 2.04. The Morgan fingerprint density at radius 1 is 1.32 bits per heavy atom. The van der Waals surface area contributed by atoms with E-state index in [1.807, 2.05) is 25.1 Å². The van der Waals surface area contributed by atoms with Crippen molar-refractivity contribution in [1.82, 2.24) is 9.62 Å². The van der Waals surface area contributed by atoms with Gasteiger partial charge < -0.3 is 11.1 Å². The zero-order valence-electron chi connectivity index (χ0n) is 13.3. The van der Waals surface area contributed by atoms with E-state index in [4.69, 9.17) is 5.73 Å². The van der Waals surface area contributed by atoms with Crippen molar-refractivity contribution in [3.63, 3.8) is 0 Å². The molecule has 6 nitrogen and oxygen atoms in total. The van der Waals surface area contributed by atoms with Crippen LogP contribution in [0.15, 0.2) is 35.3 Å². The lowest BCUT2D eigenvalue weighted by atomic mass is 10.1. The predicted molar refractivity (Wildman–Crippen MR) is 91.3 cm³/mol. The topological polar surface area (TPSA) is 87.8 Å². The molecule has 1 rings (SSSR count). The average molecular weight is 326 g/mol. The summed E-state index contributed by atoms with van der Waals surface area (Å²) in [6.07, 6.45) is 2.76. The molecule has 0 aromatic heterocycles. The number of nitrogens with two attached hydrogens (primary N) is 1. The summed E-state index contributed by atoms with van der Waals surface area (Å²) < 4.78 is 24.3. The maximum atomic E-state index is 11.4. The zero-order chi connectivity index (χ0) is 16.4. The second-order valence-electron chi connectivity index (χ2n) is 5.04. The summed E-state index contributed by atoms with van der Waals surface area (Å²) >= 11 is 0. The summed E-state index contributed by atoms with van der Waals surface area (Å²) in [5, 5.41) is 3.06. The Morgan fingerprint density at radius 3 is 2.59 bits per heavy atom. The normalized spacial score (nSPS) is 12.6. The van der Waals surface area contributed by atoms with Gasteiger partial charge in [-0.15, -0.1) is 0 Å². The molecule has 0 aliphatic rings. The summed E-state index contributed by atoms with van der Waals surface area (Å²) in [6, 6.07) is 10.1. The fourth-order valence-corrected chi connectivity index (χ4v) is 2.97. The molecule has 7 heteroatoms. The van der Waals surface area contributed by atoms with E-state index in [-0.39, 0.29) is 0 Å². The molecular formula is C15H26N4O2S. The molecule has 124 valence electrons. The van der Waals surface area contributed by atoms with Gasteiger partial charge in [-0.25, -0.2) is 12.7 Å². The molecule has 22 heavy (non-hydrogen) atoms. The number of rotatable bonds is 9. The number of benzene rings is 1. The van der Waals surface area contributed by atoms with Gasteiger partial charge in [-0.2, -0.15) is 0 Å². The Labute approximate surface area is 133 Å². The highest BCUT2D eigenvalue weighted by Crippen LogP contribution is 1.99. The first kappa shape index (κ1) is 18.4.